The van der Waals surface area contributed by atoms with Gasteiger partial charge >= 0.3 is 0 Å². The third-order valence-corrected chi connectivity index (χ3v) is 1.86. The Morgan fingerprint density at radius 3 is 2.70 bits per heavy atom. The van der Waals surface area contributed by atoms with Crippen LogP contribution >= 0.6 is 12.4 Å². The highest BCUT2D eigenvalue weighted by atomic mass is 35.5. The molecule has 3 heteroatoms. The second kappa shape index (κ2) is 4.91. The van der Waals surface area contributed by atoms with Gasteiger partial charge in [-0.1, -0.05) is 0 Å². The topological polar surface area (TPSA) is 12.0 Å². The molecule has 0 aromatic rings. The Kier molecular flexibility index (Phi) is 5.00. The minimum absolute atomic E-state index is 0. The summed E-state index contributed by atoms with van der Waals surface area (Å²) in [6.45, 7) is 2.96. The van der Waals surface area contributed by atoms with Crippen LogP contribution in [0, 0.1) is 0 Å². The zero-order chi connectivity index (χ0) is 6.69. The fraction of sp³-hybridized carbons (Fsp3) is 1.00. The Balaban J connectivity index is 0.000000810. The molecule has 62 valence electrons. The number of nitrogens with one attached hydrogen (secondary N) is 1. The average Bonchev–Trinajstić information content (AvgIpc) is 1.97. The highest BCUT2D eigenvalue weighted by molar-refractivity contribution is 5.85. The first kappa shape index (κ1) is 10.2. The largest absolute Gasteiger partial charge is 0.314 e. The maximum absolute atomic E-state index is 12.6. The van der Waals surface area contributed by atoms with Crippen LogP contribution in [-0.4, -0.2) is 18.8 Å². The molecule has 1 fully saturated rings. The van der Waals surface area contributed by atoms with Gasteiger partial charge in [0.2, 0.25) is 0 Å². The molecule has 0 aromatic carbocycles. The molecule has 1 nitrogen and oxygen atoms in total. The number of rotatable bonds is 0. The summed E-state index contributed by atoms with van der Waals surface area (Å²) in [7, 11) is 0. The summed E-state index contributed by atoms with van der Waals surface area (Å²) >= 11 is 0. The molecule has 1 saturated heterocycles. The fourth-order valence-corrected chi connectivity index (χ4v) is 1.16. The summed E-state index contributed by atoms with van der Waals surface area (Å²) in [5, 5.41) is 3.23. The lowest BCUT2D eigenvalue weighted by atomic mass is 10.1. The molecule has 1 rings (SSSR count). The standard InChI is InChI=1S/C7H14FN.ClH/c1-6-2-3-7(8)4-5-9-6;/h6-7,9H,2-5H2,1H3;1H. The van der Waals surface area contributed by atoms with Crippen molar-refractivity contribution in [2.75, 3.05) is 6.54 Å². The fourth-order valence-electron chi connectivity index (χ4n) is 1.16. The molecule has 0 amide bonds. The van der Waals surface area contributed by atoms with E-state index in [2.05, 4.69) is 12.2 Å². The van der Waals surface area contributed by atoms with Crippen LogP contribution in [0.4, 0.5) is 4.39 Å². The van der Waals surface area contributed by atoms with Gasteiger partial charge in [0.25, 0.3) is 0 Å². The van der Waals surface area contributed by atoms with Crippen LogP contribution in [0.1, 0.15) is 26.2 Å². The summed E-state index contributed by atoms with van der Waals surface area (Å²) in [6.07, 6.45) is 1.88. The van der Waals surface area contributed by atoms with E-state index < -0.39 is 6.17 Å². The zero-order valence-corrected chi connectivity index (χ0v) is 7.09. The summed E-state index contributed by atoms with van der Waals surface area (Å²) < 4.78 is 12.6. The van der Waals surface area contributed by atoms with Gasteiger partial charge in [-0.05, 0) is 32.7 Å². The molecule has 0 aromatic heterocycles. The molecule has 0 radical (unpaired) electrons. The first-order chi connectivity index (χ1) is 4.29. The Morgan fingerprint density at radius 1 is 1.30 bits per heavy atom. The quantitative estimate of drug-likeness (QED) is 0.581. The van der Waals surface area contributed by atoms with E-state index >= 15 is 0 Å². The summed E-state index contributed by atoms with van der Waals surface area (Å²) in [5.74, 6) is 0. The van der Waals surface area contributed by atoms with Gasteiger partial charge < -0.3 is 5.32 Å². The van der Waals surface area contributed by atoms with Gasteiger partial charge in [-0.3, -0.25) is 0 Å². The van der Waals surface area contributed by atoms with Crippen molar-refractivity contribution >= 4 is 12.4 Å². The van der Waals surface area contributed by atoms with Gasteiger partial charge in [-0.25, -0.2) is 4.39 Å². The van der Waals surface area contributed by atoms with Crippen LogP contribution in [0.25, 0.3) is 0 Å². The molecule has 0 bridgehead atoms. The van der Waals surface area contributed by atoms with Gasteiger partial charge in [0.15, 0.2) is 0 Å². The second-order valence-electron chi connectivity index (χ2n) is 2.82. The summed E-state index contributed by atoms with van der Waals surface area (Å²) in [6, 6.07) is 0.519. The van der Waals surface area contributed by atoms with Crippen LogP contribution in [0.5, 0.6) is 0 Å². The molecular formula is C7H15ClFN. The first-order valence-electron chi connectivity index (χ1n) is 3.66. The van der Waals surface area contributed by atoms with Crippen molar-refractivity contribution in [2.24, 2.45) is 0 Å². The lowest BCUT2D eigenvalue weighted by molar-refractivity contribution is 0.305. The van der Waals surface area contributed by atoms with Crippen LogP contribution in [0.3, 0.4) is 0 Å². The van der Waals surface area contributed by atoms with Crippen molar-refractivity contribution in [3.05, 3.63) is 0 Å². The normalized spacial score (nSPS) is 34.2. The third-order valence-electron chi connectivity index (χ3n) is 1.86. The van der Waals surface area contributed by atoms with Crippen molar-refractivity contribution in [3.8, 4) is 0 Å². The van der Waals surface area contributed by atoms with Crippen LogP contribution in [0.2, 0.25) is 0 Å². The molecule has 2 atom stereocenters. The van der Waals surface area contributed by atoms with Crippen molar-refractivity contribution < 1.29 is 4.39 Å². The summed E-state index contributed by atoms with van der Waals surface area (Å²) in [4.78, 5) is 0. The first-order valence-corrected chi connectivity index (χ1v) is 3.66. The van der Waals surface area contributed by atoms with Crippen LogP contribution < -0.4 is 5.32 Å². The molecule has 10 heavy (non-hydrogen) atoms. The lowest BCUT2D eigenvalue weighted by Crippen LogP contribution is -2.24. The molecule has 2 unspecified atom stereocenters. The van der Waals surface area contributed by atoms with Crippen LogP contribution in [0.15, 0.2) is 0 Å². The molecular weight excluding hydrogens is 153 g/mol. The van der Waals surface area contributed by atoms with E-state index in [1.165, 1.54) is 0 Å². The molecule has 1 aliphatic rings. The number of hydrogen-bond acceptors (Lipinski definition) is 1. The second-order valence-corrected chi connectivity index (χ2v) is 2.82. The van der Waals surface area contributed by atoms with E-state index in [4.69, 9.17) is 0 Å². The Hall–Kier alpha value is 0.180. The average molecular weight is 168 g/mol. The van der Waals surface area contributed by atoms with Gasteiger partial charge in [0, 0.05) is 6.04 Å². The molecule has 0 aliphatic carbocycles. The van der Waals surface area contributed by atoms with Crippen molar-refractivity contribution in [3.63, 3.8) is 0 Å². The molecule has 1 heterocycles. The van der Waals surface area contributed by atoms with E-state index in [-0.39, 0.29) is 12.4 Å². The predicted molar refractivity (Wildman–Crippen MR) is 43.5 cm³/mol. The molecule has 1 N–H and O–H groups in total. The van der Waals surface area contributed by atoms with E-state index in [0.29, 0.717) is 12.5 Å². The van der Waals surface area contributed by atoms with Gasteiger partial charge in [-0.15, -0.1) is 12.4 Å². The minimum Gasteiger partial charge on any atom is -0.314 e. The SMILES string of the molecule is CC1CCC(F)CCN1.Cl. The van der Waals surface area contributed by atoms with Gasteiger partial charge in [0.05, 0.1) is 0 Å². The minimum atomic E-state index is -0.553. The zero-order valence-electron chi connectivity index (χ0n) is 6.27. The van der Waals surface area contributed by atoms with E-state index in [1.54, 1.807) is 0 Å². The van der Waals surface area contributed by atoms with E-state index in [0.717, 1.165) is 19.4 Å². The Labute approximate surface area is 67.8 Å². The predicted octanol–water partition coefficient (Wildman–Crippen LogP) is 1.91. The lowest BCUT2D eigenvalue weighted by Gasteiger charge is -2.06. The van der Waals surface area contributed by atoms with E-state index in [9.17, 15) is 4.39 Å². The number of halogens is 2. The Morgan fingerprint density at radius 2 is 2.00 bits per heavy atom. The molecule has 1 aliphatic heterocycles. The summed E-state index contributed by atoms with van der Waals surface area (Å²) in [5.41, 5.74) is 0. The highest BCUT2D eigenvalue weighted by Crippen LogP contribution is 2.11. The maximum Gasteiger partial charge on any atom is 0.101 e. The smallest absolute Gasteiger partial charge is 0.101 e. The molecule has 0 spiro atoms. The maximum atomic E-state index is 12.6. The highest BCUT2D eigenvalue weighted by Gasteiger charge is 2.13. The third kappa shape index (κ3) is 3.37. The van der Waals surface area contributed by atoms with Crippen molar-refractivity contribution in [2.45, 2.75) is 38.4 Å². The van der Waals surface area contributed by atoms with Gasteiger partial charge in [0.1, 0.15) is 6.17 Å². The number of hydrogen-bond donors (Lipinski definition) is 1. The molecule has 0 saturated carbocycles. The van der Waals surface area contributed by atoms with Crippen molar-refractivity contribution in [1.29, 1.82) is 0 Å². The monoisotopic (exact) mass is 167 g/mol. The van der Waals surface area contributed by atoms with E-state index in [1.807, 2.05) is 0 Å². The Bertz CT molecular complexity index is 79.7. The number of alkyl halides is 1. The van der Waals surface area contributed by atoms with Crippen molar-refractivity contribution in [1.82, 2.24) is 5.32 Å². The van der Waals surface area contributed by atoms with Gasteiger partial charge in [-0.2, -0.15) is 0 Å². The van der Waals surface area contributed by atoms with Crippen LogP contribution in [-0.2, 0) is 0 Å².